The summed E-state index contributed by atoms with van der Waals surface area (Å²) < 4.78 is 36.9. The van der Waals surface area contributed by atoms with Gasteiger partial charge in [0.05, 0.1) is 17.3 Å². The quantitative estimate of drug-likeness (QED) is 0.806. The SMILES string of the molecule is CCS(=O)(=O)N1CC[C@@H]2OCC[C@]2(c2nc(C)no2)C1. The van der Waals surface area contributed by atoms with Crippen LogP contribution in [0, 0.1) is 6.92 Å². The third kappa shape index (κ3) is 2.06. The Bertz CT molecular complexity index is 600. The van der Waals surface area contributed by atoms with E-state index in [9.17, 15) is 8.42 Å². The number of ether oxygens (including phenoxy) is 1. The Balaban J connectivity index is 1.97. The molecule has 0 aliphatic carbocycles. The van der Waals surface area contributed by atoms with Crippen LogP contribution in [-0.4, -0.2) is 54.4 Å². The molecule has 112 valence electrons. The number of rotatable bonds is 3. The number of fused-ring (bicyclic) bond motifs is 1. The fourth-order valence-corrected chi connectivity index (χ4v) is 4.31. The molecule has 1 aromatic rings. The molecule has 2 aliphatic heterocycles. The first kappa shape index (κ1) is 14.0. The Labute approximate surface area is 118 Å². The van der Waals surface area contributed by atoms with Gasteiger partial charge < -0.3 is 9.26 Å². The minimum atomic E-state index is -3.21. The largest absolute Gasteiger partial charge is 0.377 e. The van der Waals surface area contributed by atoms with Crippen molar-refractivity contribution >= 4 is 10.0 Å². The Kier molecular flexibility index (Phi) is 3.34. The van der Waals surface area contributed by atoms with Crippen molar-refractivity contribution in [1.29, 1.82) is 0 Å². The highest BCUT2D eigenvalue weighted by molar-refractivity contribution is 7.89. The Morgan fingerprint density at radius 1 is 1.50 bits per heavy atom. The van der Waals surface area contributed by atoms with E-state index in [1.54, 1.807) is 13.8 Å². The fraction of sp³-hybridized carbons (Fsp3) is 0.833. The van der Waals surface area contributed by atoms with E-state index in [2.05, 4.69) is 10.1 Å². The first-order valence-electron chi connectivity index (χ1n) is 6.88. The van der Waals surface area contributed by atoms with Gasteiger partial charge in [0.15, 0.2) is 5.82 Å². The normalized spacial score (nSPS) is 31.4. The maximum absolute atomic E-state index is 12.1. The third-order valence-corrected chi connectivity index (χ3v) is 6.12. The summed E-state index contributed by atoms with van der Waals surface area (Å²) in [6.07, 6.45) is 1.35. The van der Waals surface area contributed by atoms with E-state index in [1.807, 2.05) is 0 Å². The van der Waals surface area contributed by atoms with Crippen molar-refractivity contribution < 1.29 is 17.7 Å². The second kappa shape index (κ2) is 4.78. The standard InChI is InChI=1S/C12H19N3O4S/c1-3-20(16,17)15-6-4-10-12(8-15,5-7-18-10)11-13-9(2)14-19-11/h10H,3-8H2,1-2H3/t10-,12-/m0/s1. The lowest BCUT2D eigenvalue weighted by molar-refractivity contribution is 0.0276. The van der Waals surface area contributed by atoms with Gasteiger partial charge in [0.25, 0.3) is 0 Å². The molecular weight excluding hydrogens is 282 g/mol. The highest BCUT2D eigenvalue weighted by atomic mass is 32.2. The number of piperidine rings is 1. The highest BCUT2D eigenvalue weighted by Gasteiger charge is 2.54. The summed E-state index contributed by atoms with van der Waals surface area (Å²) in [4.78, 5) is 4.33. The number of nitrogens with zero attached hydrogens (tertiary/aromatic N) is 3. The van der Waals surface area contributed by atoms with Crippen LogP contribution in [-0.2, 0) is 20.2 Å². The van der Waals surface area contributed by atoms with Crippen LogP contribution in [0.4, 0.5) is 0 Å². The minimum Gasteiger partial charge on any atom is -0.377 e. The molecule has 0 amide bonds. The van der Waals surface area contributed by atoms with Crippen LogP contribution in [0.5, 0.6) is 0 Å². The molecule has 0 saturated carbocycles. The number of sulfonamides is 1. The van der Waals surface area contributed by atoms with E-state index in [0.717, 1.165) is 6.42 Å². The molecule has 2 aliphatic rings. The second-order valence-electron chi connectivity index (χ2n) is 5.44. The average molecular weight is 301 g/mol. The Hall–Kier alpha value is -0.990. The van der Waals surface area contributed by atoms with Crippen molar-refractivity contribution in [1.82, 2.24) is 14.4 Å². The van der Waals surface area contributed by atoms with E-state index in [1.165, 1.54) is 4.31 Å². The molecule has 0 aromatic carbocycles. The summed E-state index contributed by atoms with van der Waals surface area (Å²) in [6.45, 7) is 4.89. The average Bonchev–Trinajstić information content (AvgIpc) is 3.04. The first-order chi connectivity index (χ1) is 9.48. The molecule has 3 rings (SSSR count). The topological polar surface area (TPSA) is 85.5 Å². The van der Waals surface area contributed by atoms with Gasteiger partial charge in [0.2, 0.25) is 15.9 Å². The summed E-state index contributed by atoms with van der Waals surface area (Å²) in [5, 5.41) is 3.84. The predicted octanol–water partition coefficient (Wildman–Crippen LogP) is 0.460. The van der Waals surface area contributed by atoms with Crippen molar-refractivity contribution in [2.45, 2.75) is 38.2 Å². The van der Waals surface area contributed by atoms with Crippen molar-refractivity contribution in [2.75, 3.05) is 25.4 Å². The smallest absolute Gasteiger partial charge is 0.236 e. The molecule has 2 saturated heterocycles. The molecule has 1 aromatic heterocycles. The zero-order valence-electron chi connectivity index (χ0n) is 11.7. The van der Waals surface area contributed by atoms with E-state index in [0.29, 0.717) is 37.8 Å². The lowest BCUT2D eigenvalue weighted by Gasteiger charge is -2.40. The molecule has 0 spiro atoms. The lowest BCUT2D eigenvalue weighted by atomic mass is 9.77. The molecule has 0 N–H and O–H groups in total. The summed E-state index contributed by atoms with van der Waals surface area (Å²) >= 11 is 0. The van der Waals surface area contributed by atoms with E-state index < -0.39 is 15.4 Å². The molecule has 0 unspecified atom stereocenters. The molecule has 2 atom stereocenters. The summed E-state index contributed by atoms with van der Waals surface area (Å²) in [5.41, 5.74) is -0.484. The van der Waals surface area contributed by atoms with Gasteiger partial charge in [-0.05, 0) is 26.7 Å². The van der Waals surface area contributed by atoms with Gasteiger partial charge in [-0.15, -0.1) is 0 Å². The van der Waals surface area contributed by atoms with Gasteiger partial charge in [-0.25, -0.2) is 12.7 Å². The fourth-order valence-electron chi connectivity index (χ4n) is 3.13. The Morgan fingerprint density at radius 3 is 2.95 bits per heavy atom. The number of aromatic nitrogens is 2. The summed E-state index contributed by atoms with van der Waals surface area (Å²) in [5.74, 6) is 1.18. The van der Waals surface area contributed by atoms with Crippen molar-refractivity contribution in [3.8, 4) is 0 Å². The zero-order valence-corrected chi connectivity index (χ0v) is 12.5. The molecule has 0 radical (unpaired) electrons. The van der Waals surface area contributed by atoms with Crippen LogP contribution < -0.4 is 0 Å². The first-order valence-corrected chi connectivity index (χ1v) is 8.49. The van der Waals surface area contributed by atoms with Crippen molar-refractivity contribution in [3.63, 3.8) is 0 Å². The lowest BCUT2D eigenvalue weighted by Crippen LogP contribution is -2.54. The van der Waals surface area contributed by atoms with Crippen LogP contribution in [0.3, 0.4) is 0 Å². The van der Waals surface area contributed by atoms with Gasteiger partial charge in [-0.3, -0.25) is 0 Å². The van der Waals surface area contributed by atoms with Gasteiger partial charge in [0, 0.05) is 19.7 Å². The molecule has 2 fully saturated rings. The van der Waals surface area contributed by atoms with Crippen molar-refractivity contribution in [3.05, 3.63) is 11.7 Å². The second-order valence-corrected chi connectivity index (χ2v) is 7.69. The predicted molar refractivity (Wildman–Crippen MR) is 70.7 cm³/mol. The van der Waals surface area contributed by atoms with Crippen LogP contribution in [0.2, 0.25) is 0 Å². The number of aryl methyl sites for hydroxylation is 1. The van der Waals surface area contributed by atoms with Crippen LogP contribution in [0.1, 0.15) is 31.5 Å². The Morgan fingerprint density at radius 2 is 2.30 bits per heavy atom. The molecule has 8 heteroatoms. The van der Waals surface area contributed by atoms with E-state index >= 15 is 0 Å². The van der Waals surface area contributed by atoms with Gasteiger partial charge in [-0.2, -0.15) is 4.98 Å². The zero-order chi connectivity index (χ0) is 14.4. The summed E-state index contributed by atoms with van der Waals surface area (Å²) in [6, 6.07) is 0. The highest BCUT2D eigenvalue weighted by Crippen LogP contribution is 2.43. The number of hydrogen-bond donors (Lipinski definition) is 0. The molecule has 7 nitrogen and oxygen atoms in total. The van der Waals surface area contributed by atoms with Crippen LogP contribution in [0.15, 0.2) is 4.52 Å². The van der Waals surface area contributed by atoms with E-state index in [-0.39, 0.29) is 11.9 Å². The van der Waals surface area contributed by atoms with Gasteiger partial charge in [-0.1, -0.05) is 5.16 Å². The monoisotopic (exact) mass is 301 g/mol. The van der Waals surface area contributed by atoms with Gasteiger partial charge >= 0.3 is 0 Å². The van der Waals surface area contributed by atoms with E-state index in [4.69, 9.17) is 9.26 Å². The molecule has 20 heavy (non-hydrogen) atoms. The van der Waals surface area contributed by atoms with Crippen LogP contribution >= 0.6 is 0 Å². The minimum absolute atomic E-state index is 0.0364. The maximum atomic E-state index is 12.1. The molecule has 0 bridgehead atoms. The summed E-state index contributed by atoms with van der Waals surface area (Å²) in [7, 11) is -3.21. The van der Waals surface area contributed by atoms with Crippen molar-refractivity contribution in [2.24, 2.45) is 0 Å². The van der Waals surface area contributed by atoms with Gasteiger partial charge in [0.1, 0.15) is 0 Å². The third-order valence-electron chi connectivity index (χ3n) is 4.29. The molecule has 3 heterocycles. The number of hydrogen-bond acceptors (Lipinski definition) is 6. The molecular formula is C12H19N3O4S. The van der Waals surface area contributed by atoms with Crippen LogP contribution in [0.25, 0.3) is 0 Å². The maximum Gasteiger partial charge on any atom is 0.236 e.